The summed E-state index contributed by atoms with van der Waals surface area (Å²) in [6.45, 7) is 5.96. The van der Waals surface area contributed by atoms with E-state index in [2.05, 4.69) is 19.2 Å². The van der Waals surface area contributed by atoms with E-state index in [4.69, 9.17) is 0 Å². The fourth-order valence-electron chi connectivity index (χ4n) is 2.26. The molecule has 3 heteroatoms. The fourth-order valence-corrected chi connectivity index (χ4v) is 2.26. The van der Waals surface area contributed by atoms with Gasteiger partial charge in [0.15, 0.2) is 0 Å². The van der Waals surface area contributed by atoms with E-state index in [1.54, 1.807) is 0 Å². The van der Waals surface area contributed by atoms with Crippen molar-refractivity contribution >= 4 is 0 Å². The Hall–Kier alpha value is -1.09. The Labute approximate surface area is 102 Å². The molecule has 2 rings (SSSR count). The minimum atomic E-state index is -0.301. The molecule has 0 bridgehead atoms. The molecule has 1 aromatic rings. The highest BCUT2D eigenvalue weighted by molar-refractivity contribution is 5.32. The maximum Gasteiger partial charge on any atom is 0.123 e. The summed E-state index contributed by atoms with van der Waals surface area (Å²) in [6.07, 6.45) is 2.54. The van der Waals surface area contributed by atoms with Gasteiger partial charge in [-0.1, -0.05) is 13.8 Å². The summed E-state index contributed by atoms with van der Waals surface area (Å²) in [7, 11) is 0. The third-order valence-electron chi connectivity index (χ3n) is 3.95. The van der Waals surface area contributed by atoms with Crippen molar-refractivity contribution in [2.24, 2.45) is 11.3 Å². The molecular formula is C14H20FNO. The van der Waals surface area contributed by atoms with Crippen LogP contribution in [0.4, 0.5) is 4.39 Å². The van der Waals surface area contributed by atoms with Gasteiger partial charge in [-0.15, -0.1) is 0 Å². The summed E-state index contributed by atoms with van der Waals surface area (Å²) in [5.74, 6) is 0.536. The molecule has 0 radical (unpaired) electrons. The number of benzene rings is 1. The number of hydrogen-bond acceptors (Lipinski definition) is 2. The smallest absolute Gasteiger partial charge is 0.123 e. The third kappa shape index (κ3) is 2.78. The SMILES string of the molecule is CC(C)C1(CNCc2cc(F)ccc2O)CC1. The van der Waals surface area contributed by atoms with Crippen molar-refractivity contribution < 1.29 is 9.50 Å². The van der Waals surface area contributed by atoms with Gasteiger partial charge in [0.05, 0.1) is 0 Å². The van der Waals surface area contributed by atoms with Gasteiger partial charge in [0.25, 0.3) is 0 Å². The standard InChI is InChI=1S/C14H20FNO/c1-10(2)14(5-6-14)9-16-8-11-7-12(15)3-4-13(11)17/h3-4,7,10,16-17H,5-6,8-9H2,1-2H3. The molecule has 0 spiro atoms. The van der Waals surface area contributed by atoms with Gasteiger partial charge in [0.1, 0.15) is 11.6 Å². The van der Waals surface area contributed by atoms with Crippen LogP contribution in [-0.2, 0) is 6.54 Å². The zero-order valence-electron chi connectivity index (χ0n) is 10.5. The van der Waals surface area contributed by atoms with Crippen molar-refractivity contribution in [3.8, 4) is 5.75 Å². The Balaban J connectivity index is 1.88. The van der Waals surface area contributed by atoms with Gasteiger partial charge in [0.2, 0.25) is 0 Å². The van der Waals surface area contributed by atoms with Crippen molar-refractivity contribution in [2.45, 2.75) is 33.2 Å². The van der Waals surface area contributed by atoms with E-state index in [1.807, 2.05) is 0 Å². The predicted octanol–water partition coefficient (Wildman–Crippen LogP) is 3.06. The Morgan fingerprint density at radius 1 is 1.41 bits per heavy atom. The van der Waals surface area contributed by atoms with Crippen LogP contribution in [0.1, 0.15) is 32.3 Å². The van der Waals surface area contributed by atoms with Crippen LogP contribution < -0.4 is 5.32 Å². The van der Waals surface area contributed by atoms with Gasteiger partial charge in [-0.3, -0.25) is 0 Å². The second kappa shape index (κ2) is 4.65. The Kier molecular flexibility index (Phi) is 3.38. The van der Waals surface area contributed by atoms with E-state index in [-0.39, 0.29) is 11.6 Å². The van der Waals surface area contributed by atoms with Crippen molar-refractivity contribution in [3.05, 3.63) is 29.6 Å². The van der Waals surface area contributed by atoms with E-state index in [0.717, 1.165) is 6.54 Å². The second-order valence-corrected chi connectivity index (χ2v) is 5.39. The number of phenols is 1. The number of aromatic hydroxyl groups is 1. The molecule has 0 saturated heterocycles. The maximum absolute atomic E-state index is 13.0. The zero-order chi connectivity index (χ0) is 12.5. The van der Waals surface area contributed by atoms with Crippen LogP contribution >= 0.6 is 0 Å². The molecule has 0 amide bonds. The summed E-state index contributed by atoms with van der Waals surface area (Å²) in [5, 5.41) is 12.9. The Morgan fingerprint density at radius 3 is 2.71 bits per heavy atom. The lowest BCUT2D eigenvalue weighted by Crippen LogP contribution is -2.27. The molecule has 0 aromatic heterocycles. The summed E-state index contributed by atoms with van der Waals surface area (Å²) in [4.78, 5) is 0. The van der Waals surface area contributed by atoms with Gasteiger partial charge in [-0.2, -0.15) is 0 Å². The zero-order valence-corrected chi connectivity index (χ0v) is 10.5. The van der Waals surface area contributed by atoms with E-state index in [9.17, 15) is 9.50 Å². The lowest BCUT2D eigenvalue weighted by Gasteiger charge is -2.20. The molecule has 1 saturated carbocycles. The highest BCUT2D eigenvalue weighted by Crippen LogP contribution is 2.51. The fraction of sp³-hybridized carbons (Fsp3) is 0.571. The molecule has 94 valence electrons. The molecule has 2 nitrogen and oxygen atoms in total. The number of hydrogen-bond donors (Lipinski definition) is 2. The van der Waals surface area contributed by atoms with Crippen LogP contribution in [0.2, 0.25) is 0 Å². The van der Waals surface area contributed by atoms with Crippen molar-refractivity contribution in [2.75, 3.05) is 6.54 Å². The topological polar surface area (TPSA) is 32.3 Å². The van der Waals surface area contributed by atoms with Gasteiger partial charge < -0.3 is 10.4 Å². The van der Waals surface area contributed by atoms with Crippen LogP contribution in [0.15, 0.2) is 18.2 Å². The molecule has 2 N–H and O–H groups in total. The van der Waals surface area contributed by atoms with Crippen LogP contribution in [0.25, 0.3) is 0 Å². The van der Waals surface area contributed by atoms with E-state index in [1.165, 1.54) is 31.0 Å². The first-order chi connectivity index (χ1) is 8.03. The molecule has 0 unspecified atom stereocenters. The first-order valence-electron chi connectivity index (χ1n) is 6.22. The van der Waals surface area contributed by atoms with Crippen molar-refractivity contribution in [3.63, 3.8) is 0 Å². The quantitative estimate of drug-likeness (QED) is 0.825. The van der Waals surface area contributed by atoms with E-state index < -0.39 is 0 Å². The van der Waals surface area contributed by atoms with E-state index in [0.29, 0.717) is 23.4 Å². The molecule has 0 atom stereocenters. The first-order valence-corrected chi connectivity index (χ1v) is 6.22. The highest BCUT2D eigenvalue weighted by Gasteiger charge is 2.44. The van der Waals surface area contributed by atoms with Crippen LogP contribution in [0, 0.1) is 17.2 Å². The molecule has 1 aliphatic rings. The lowest BCUT2D eigenvalue weighted by atomic mass is 9.92. The van der Waals surface area contributed by atoms with Crippen molar-refractivity contribution in [1.29, 1.82) is 0 Å². The molecule has 0 aliphatic heterocycles. The molecule has 1 aliphatic carbocycles. The third-order valence-corrected chi connectivity index (χ3v) is 3.95. The molecule has 1 fully saturated rings. The van der Waals surface area contributed by atoms with Crippen molar-refractivity contribution in [1.82, 2.24) is 5.32 Å². The van der Waals surface area contributed by atoms with Crippen LogP contribution in [0.5, 0.6) is 5.75 Å². The minimum absolute atomic E-state index is 0.160. The molecule has 17 heavy (non-hydrogen) atoms. The van der Waals surface area contributed by atoms with Crippen LogP contribution in [0.3, 0.4) is 0 Å². The highest BCUT2D eigenvalue weighted by atomic mass is 19.1. The number of rotatable bonds is 5. The van der Waals surface area contributed by atoms with Gasteiger partial charge >= 0.3 is 0 Å². The monoisotopic (exact) mass is 237 g/mol. The second-order valence-electron chi connectivity index (χ2n) is 5.39. The maximum atomic E-state index is 13.0. The summed E-state index contributed by atoms with van der Waals surface area (Å²) >= 11 is 0. The van der Waals surface area contributed by atoms with E-state index >= 15 is 0 Å². The normalized spacial score (nSPS) is 17.4. The average Bonchev–Trinajstić information content (AvgIpc) is 3.04. The van der Waals surface area contributed by atoms with Gasteiger partial charge in [-0.25, -0.2) is 4.39 Å². The number of halogens is 1. The summed E-state index contributed by atoms with van der Waals surface area (Å²) in [6, 6.07) is 4.06. The summed E-state index contributed by atoms with van der Waals surface area (Å²) in [5.41, 5.74) is 1.06. The minimum Gasteiger partial charge on any atom is -0.508 e. The Morgan fingerprint density at radius 2 is 2.12 bits per heavy atom. The largest absolute Gasteiger partial charge is 0.508 e. The molecule has 1 aromatic carbocycles. The van der Waals surface area contributed by atoms with Gasteiger partial charge in [0, 0.05) is 18.7 Å². The Bertz CT molecular complexity index is 399. The number of phenolic OH excluding ortho intramolecular Hbond substituents is 1. The summed E-state index contributed by atoms with van der Waals surface area (Å²) < 4.78 is 13.0. The van der Waals surface area contributed by atoms with Crippen LogP contribution in [-0.4, -0.2) is 11.7 Å². The van der Waals surface area contributed by atoms with Gasteiger partial charge in [-0.05, 0) is 42.4 Å². The predicted molar refractivity (Wildman–Crippen MR) is 66.3 cm³/mol. The lowest BCUT2D eigenvalue weighted by molar-refractivity contribution is 0.336. The average molecular weight is 237 g/mol. The molecular weight excluding hydrogens is 217 g/mol. The molecule has 0 heterocycles. The number of nitrogens with one attached hydrogen (secondary N) is 1. The first kappa shape index (κ1) is 12.4.